The van der Waals surface area contributed by atoms with Crippen molar-refractivity contribution in [1.29, 1.82) is 0 Å². The number of carbonyl (C=O) groups is 2. The molecule has 2 heterocycles. The summed E-state index contributed by atoms with van der Waals surface area (Å²) >= 11 is 0. The van der Waals surface area contributed by atoms with Gasteiger partial charge in [-0.3, -0.25) is 9.48 Å². The van der Waals surface area contributed by atoms with Gasteiger partial charge in [-0.15, -0.1) is 0 Å². The predicted molar refractivity (Wildman–Crippen MR) is 109 cm³/mol. The molecular weight excluding hydrogens is 370 g/mol. The molecule has 8 heteroatoms. The number of nitrogens with one attached hydrogen (secondary N) is 1. The largest absolute Gasteiger partial charge is 0.462 e. The zero-order valence-electron chi connectivity index (χ0n) is 17.1. The minimum absolute atomic E-state index is 0.193. The smallest absolute Gasteiger partial charge is 0.343 e. The molecular formula is C21H25N5O3. The molecule has 2 aromatic heterocycles. The van der Waals surface area contributed by atoms with Gasteiger partial charge < -0.3 is 10.1 Å². The fourth-order valence-electron chi connectivity index (χ4n) is 3.09. The van der Waals surface area contributed by atoms with Crippen LogP contribution in [-0.4, -0.2) is 38.0 Å². The maximum absolute atomic E-state index is 12.4. The highest BCUT2D eigenvalue weighted by atomic mass is 16.5. The second-order valence-electron chi connectivity index (χ2n) is 6.80. The van der Waals surface area contributed by atoms with E-state index in [4.69, 9.17) is 4.74 Å². The van der Waals surface area contributed by atoms with Gasteiger partial charge in [0.25, 0.3) is 0 Å². The molecule has 0 aliphatic carbocycles. The number of ether oxygens (including phenoxy) is 1. The third-order valence-corrected chi connectivity index (χ3v) is 4.52. The second kappa shape index (κ2) is 8.72. The van der Waals surface area contributed by atoms with Crippen LogP contribution in [0.3, 0.4) is 0 Å². The van der Waals surface area contributed by atoms with E-state index in [0.717, 1.165) is 22.6 Å². The van der Waals surface area contributed by atoms with Crippen molar-refractivity contribution in [3.05, 3.63) is 59.0 Å². The molecule has 1 N–H and O–H groups in total. The minimum atomic E-state index is -0.504. The summed E-state index contributed by atoms with van der Waals surface area (Å²) in [4.78, 5) is 24.4. The van der Waals surface area contributed by atoms with Gasteiger partial charge in [-0.2, -0.15) is 10.2 Å². The fraction of sp³-hybridized carbons (Fsp3) is 0.333. The quantitative estimate of drug-likeness (QED) is 0.621. The Morgan fingerprint density at radius 3 is 2.52 bits per heavy atom. The molecule has 3 aromatic rings. The average Bonchev–Trinajstić information content (AvgIpc) is 3.22. The number of hydrogen-bond acceptors (Lipinski definition) is 5. The van der Waals surface area contributed by atoms with Crippen molar-refractivity contribution in [3.63, 3.8) is 0 Å². The summed E-state index contributed by atoms with van der Waals surface area (Å²) in [6.45, 7) is 5.97. The first kappa shape index (κ1) is 20.3. The lowest BCUT2D eigenvalue weighted by atomic mass is 10.1. The summed E-state index contributed by atoms with van der Waals surface area (Å²) in [5.41, 5.74) is 4.32. The van der Waals surface area contributed by atoms with Gasteiger partial charge in [-0.1, -0.05) is 12.1 Å². The van der Waals surface area contributed by atoms with Crippen LogP contribution in [0.1, 0.15) is 40.7 Å². The van der Waals surface area contributed by atoms with E-state index in [1.807, 2.05) is 48.9 Å². The Labute approximate surface area is 169 Å². The molecule has 0 aliphatic rings. The third kappa shape index (κ3) is 4.71. The Kier molecular flexibility index (Phi) is 6.11. The highest BCUT2D eigenvalue weighted by Crippen LogP contribution is 2.17. The molecule has 0 unspecified atom stereocenters. The van der Waals surface area contributed by atoms with Crippen LogP contribution in [0.4, 0.5) is 5.82 Å². The zero-order valence-corrected chi connectivity index (χ0v) is 17.1. The molecule has 0 atom stereocenters. The van der Waals surface area contributed by atoms with Crippen molar-refractivity contribution in [2.24, 2.45) is 7.05 Å². The Morgan fingerprint density at radius 1 is 1.17 bits per heavy atom. The molecule has 1 aromatic carbocycles. The van der Waals surface area contributed by atoms with Crippen LogP contribution in [-0.2, 0) is 23.0 Å². The summed E-state index contributed by atoms with van der Waals surface area (Å²) < 4.78 is 8.35. The molecule has 0 fully saturated rings. The molecule has 0 saturated carbocycles. The maximum atomic E-state index is 12.4. The van der Waals surface area contributed by atoms with Gasteiger partial charge in [0.05, 0.1) is 24.2 Å². The first-order valence-electron chi connectivity index (χ1n) is 9.50. The van der Waals surface area contributed by atoms with Crippen molar-refractivity contribution in [3.8, 4) is 5.69 Å². The van der Waals surface area contributed by atoms with Gasteiger partial charge >= 0.3 is 5.97 Å². The number of anilines is 1. The summed E-state index contributed by atoms with van der Waals surface area (Å²) in [5, 5.41) is 11.3. The maximum Gasteiger partial charge on any atom is 0.343 e. The number of esters is 1. The van der Waals surface area contributed by atoms with E-state index in [0.29, 0.717) is 12.2 Å². The Bertz CT molecular complexity index is 1020. The van der Waals surface area contributed by atoms with Gasteiger partial charge in [0.15, 0.2) is 0 Å². The van der Waals surface area contributed by atoms with Gasteiger partial charge in [0.1, 0.15) is 11.4 Å². The number of nitrogens with zero attached hydrogens (tertiary/aromatic N) is 4. The number of aromatic nitrogens is 4. The number of aryl methyl sites for hydroxylation is 4. The molecule has 0 radical (unpaired) electrons. The van der Waals surface area contributed by atoms with Crippen molar-refractivity contribution >= 4 is 17.7 Å². The summed E-state index contributed by atoms with van der Waals surface area (Å²) in [5.74, 6) is -0.356. The number of hydrogen-bond donors (Lipinski definition) is 1. The Hall–Kier alpha value is -3.42. The van der Waals surface area contributed by atoms with E-state index in [9.17, 15) is 9.59 Å². The average molecular weight is 395 g/mol. The van der Waals surface area contributed by atoms with Crippen LogP contribution >= 0.6 is 0 Å². The lowest BCUT2D eigenvalue weighted by Gasteiger charge is -2.09. The normalized spacial score (nSPS) is 10.8. The molecule has 1 amide bonds. The zero-order chi connectivity index (χ0) is 21.0. The minimum Gasteiger partial charge on any atom is -0.462 e. The number of amides is 1. The van der Waals surface area contributed by atoms with Crippen LogP contribution in [0.25, 0.3) is 5.69 Å². The lowest BCUT2D eigenvalue weighted by Crippen LogP contribution is -2.17. The Morgan fingerprint density at radius 2 is 1.90 bits per heavy atom. The van der Waals surface area contributed by atoms with Gasteiger partial charge in [-0.05, 0) is 51.0 Å². The molecule has 0 bridgehead atoms. The van der Waals surface area contributed by atoms with Crippen molar-refractivity contribution in [2.75, 3.05) is 11.9 Å². The van der Waals surface area contributed by atoms with Crippen LogP contribution in [0, 0.1) is 13.8 Å². The highest BCUT2D eigenvalue weighted by molar-refractivity contribution is 6.00. The SMILES string of the molecule is CCOC(=O)c1cnn(C)c1NC(=O)CCc1ccc(-n2nc(C)cc2C)cc1. The molecule has 0 aliphatic heterocycles. The molecule has 29 heavy (non-hydrogen) atoms. The fourth-order valence-corrected chi connectivity index (χ4v) is 3.09. The topological polar surface area (TPSA) is 91.0 Å². The summed E-state index contributed by atoms with van der Waals surface area (Å²) in [6, 6.07) is 10.0. The molecule has 3 rings (SSSR count). The van der Waals surface area contributed by atoms with Crippen LogP contribution < -0.4 is 5.32 Å². The van der Waals surface area contributed by atoms with E-state index in [1.54, 1.807) is 14.0 Å². The number of rotatable bonds is 7. The summed E-state index contributed by atoms with van der Waals surface area (Å²) in [6.07, 6.45) is 2.26. The lowest BCUT2D eigenvalue weighted by molar-refractivity contribution is -0.116. The number of benzene rings is 1. The highest BCUT2D eigenvalue weighted by Gasteiger charge is 2.19. The Balaban J connectivity index is 1.61. The van der Waals surface area contributed by atoms with Crippen LogP contribution in [0.5, 0.6) is 0 Å². The molecule has 0 spiro atoms. The van der Waals surface area contributed by atoms with E-state index in [2.05, 4.69) is 15.5 Å². The van der Waals surface area contributed by atoms with E-state index >= 15 is 0 Å². The molecule has 152 valence electrons. The number of carbonyl (C=O) groups excluding carboxylic acids is 2. The summed E-state index contributed by atoms with van der Waals surface area (Å²) in [7, 11) is 1.66. The van der Waals surface area contributed by atoms with Gasteiger partial charge in [-0.25, -0.2) is 9.48 Å². The first-order chi connectivity index (χ1) is 13.9. The van der Waals surface area contributed by atoms with Crippen molar-refractivity contribution < 1.29 is 14.3 Å². The molecule has 0 saturated heterocycles. The van der Waals surface area contributed by atoms with Crippen LogP contribution in [0.15, 0.2) is 36.5 Å². The predicted octanol–water partition coefficient (Wildman–Crippen LogP) is 2.97. The van der Waals surface area contributed by atoms with Crippen molar-refractivity contribution in [2.45, 2.75) is 33.6 Å². The van der Waals surface area contributed by atoms with E-state index in [1.165, 1.54) is 10.9 Å². The second-order valence-corrected chi connectivity index (χ2v) is 6.80. The van der Waals surface area contributed by atoms with Gasteiger partial charge in [0.2, 0.25) is 5.91 Å². The van der Waals surface area contributed by atoms with E-state index in [-0.39, 0.29) is 24.5 Å². The van der Waals surface area contributed by atoms with E-state index < -0.39 is 5.97 Å². The molecule has 8 nitrogen and oxygen atoms in total. The third-order valence-electron chi connectivity index (χ3n) is 4.52. The van der Waals surface area contributed by atoms with Crippen LogP contribution in [0.2, 0.25) is 0 Å². The monoisotopic (exact) mass is 395 g/mol. The van der Waals surface area contributed by atoms with Crippen molar-refractivity contribution in [1.82, 2.24) is 19.6 Å². The van der Waals surface area contributed by atoms with Gasteiger partial charge in [0, 0.05) is 19.2 Å². The first-order valence-corrected chi connectivity index (χ1v) is 9.50. The standard InChI is InChI=1S/C21H25N5O3/c1-5-29-21(28)18-13-22-25(4)20(18)23-19(27)11-8-16-6-9-17(10-7-16)26-15(3)12-14(2)24-26/h6-7,9-10,12-13H,5,8,11H2,1-4H3,(H,23,27).